The number of carbonyl (C=O) groups is 3. The van der Waals surface area contributed by atoms with E-state index in [0.717, 1.165) is 70.6 Å². The maximum atomic E-state index is 12.7. The number of carboxylic acids is 1. The van der Waals surface area contributed by atoms with Crippen LogP contribution in [0.15, 0.2) is 109 Å². The van der Waals surface area contributed by atoms with Crippen molar-refractivity contribution in [2.24, 2.45) is 0 Å². The molecule has 0 rings (SSSR count). The van der Waals surface area contributed by atoms with Crippen LogP contribution in [0.5, 0.6) is 0 Å². The zero-order valence-corrected chi connectivity index (χ0v) is 37.6. The normalized spacial score (nSPS) is 14.0. The molecule has 59 heavy (non-hydrogen) atoms. The highest BCUT2D eigenvalue weighted by Gasteiger charge is 2.25. The molecule has 0 aliphatic rings. The van der Waals surface area contributed by atoms with E-state index >= 15 is 0 Å². The quantitative estimate of drug-likeness (QED) is 0.0201. The molecule has 2 unspecified atom stereocenters. The lowest BCUT2D eigenvalue weighted by molar-refractivity contribution is -0.889. The summed E-state index contributed by atoms with van der Waals surface area (Å²) in [6.07, 6.45) is 55.4. The van der Waals surface area contributed by atoms with Crippen molar-refractivity contribution >= 4 is 17.9 Å². The minimum absolute atomic E-state index is 0.00238. The first-order valence-electron chi connectivity index (χ1n) is 22.5. The van der Waals surface area contributed by atoms with Crippen molar-refractivity contribution in [2.75, 3.05) is 41.0 Å². The van der Waals surface area contributed by atoms with E-state index in [1.807, 2.05) is 36.5 Å². The van der Waals surface area contributed by atoms with Crippen molar-refractivity contribution < 1.29 is 38.2 Å². The van der Waals surface area contributed by atoms with E-state index in [2.05, 4.69) is 86.8 Å². The summed E-state index contributed by atoms with van der Waals surface area (Å²) in [7, 11) is 5.36. The molecule has 0 bridgehead atoms. The fourth-order valence-corrected chi connectivity index (χ4v) is 5.74. The van der Waals surface area contributed by atoms with Gasteiger partial charge >= 0.3 is 11.9 Å². The van der Waals surface area contributed by atoms with Crippen LogP contribution in [0, 0.1) is 0 Å². The van der Waals surface area contributed by atoms with Gasteiger partial charge in [-0.15, -0.1) is 0 Å². The van der Waals surface area contributed by atoms with Gasteiger partial charge in [-0.05, 0) is 70.6 Å². The fraction of sp³-hybridized carbons (Fsp3) is 0.588. The van der Waals surface area contributed by atoms with Crippen LogP contribution in [0.1, 0.15) is 142 Å². The van der Waals surface area contributed by atoms with Gasteiger partial charge in [0.05, 0.1) is 40.3 Å². The number of hydrogen-bond acceptors (Lipinski definition) is 7. The number of quaternary nitrogens is 1. The molecular weight excluding hydrogens is 739 g/mol. The molecular formula is C51H81NO7. The molecule has 0 aliphatic carbocycles. The SMILES string of the molecule is CCC/C=C/C=C/C=C/C=C/C=C/CCCCCCCC(=O)OCC(COCCC(C(=O)[O-])[N+](C)(C)C)OC(=O)CCC/C=C/C/C=C/C/C=C/C/C=C/CCCCC. The molecule has 0 aliphatic heterocycles. The Hall–Kier alpha value is -4.01. The minimum atomic E-state index is -1.14. The summed E-state index contributed by atoms with van der Waals surface area (Å²) in [5.74, 6) is -1.86. The number of allylic oxidation sites excluding steroid dienone is 18. The molecule has 8 heteroatoms. The van der Waals surface area contributed by atoms with Gasteiger partial charge in [0.2, 0.25) is 0 Å². The topological polar surface area (TPSA) is 102 Å². The molecule has 0 radical (unpaired) electrons. The first-order chi connectivity index (χ1) is 28.6. The van der Waals surface area contributed by atoms with Gasteiger partial charge in [-0.3, -0.25) is 9.59 Å². The van der Waals surface area contributed by atoms with Crippen molar-refractivity contribution in [3.05, 3.63) is 109 Å². The summed E-state index contributed by atoms with van der Waals surface area (Å²) in [5, 5.41) is 11.6. The van der Waals surface area contributed by atoms with E-state index in [-0.39, 0.29) is 49.1 Å². The molecule has 0 fully saturated rings. The second kappa shape index (κ2) is 40.8. The molecule has 0 aromatic heterocycles. The molecule has 0 saturated heterocycles. The van der Waals surface area contributed by atoms with Crippen molar-refractivity contribution in [3.8, 4) is 0 Å². The maximum absolute atomic E-state index is 12.7. The predicted molar refractivity (Wildman–Crippen MR) is 244 cm³/mol. The lowest BCUT2D eigenvalue weighted by Crippen LogP contribution is -2.55. The first kappa shape index (κ1) is 55.0. The summed E-state index contributed by atoms with van der Waals surface area (Å²) in [5.41, 5.74) is 0. The van der Waals surface area contributed by atoms with Crippen LogP contribution in [0.25, 0.3) is 0 Å². The smallest absolute Gasteiger partial charge is 0.306 e. The number of esters is 2. The highest BCUT2D eigenvalue weighted by atomic mass is 16.6. The molecule has 0 heterocycles. The van der Waals surface area contributed by atoms with Gasteiger partial charge in [0, 0.05) is 19.3 Å². The van der Waals surface area contributed by atoms with E-state index in [0.29, 0.717) is 12.8 Å². The van der Waals surface area contributed by atoms with Crippen LogP contribution in [-0.4, -0.2) is 75.5 Å². The van der Waals surface area contributed by atoms with E-state index in [4.69, 9.17) is 14.2 Å². The molecule has 0 saturated carbocycles. The summed E-state index contributed by atoms with van der Waals surface area (Å²) >= 11 is 0. The molecule has 2 atom stereocenters. The highest BCUT2D eigenvalue weighted by molar-refractivity contribution is 5.70. The van der Waals surface area contributed by atoms with Gasteiger partial charge in [0.25, 0.3) is 0 Å². The zero-order chi connectivity index (χ0) is 43.5. The van der Waals surface area contributed by atoms with Crippen LogP contribution in [-0.2, 0) is 28.6 Å². The predicted octanol–water partition coefficient (Wildman–Crippen LogP) is 11.1. The summed E-state index contributed by atoms with van der Waals surface area (Å²) < 4.78 is 17.1. The van der Waals surface area contributed by atoms with Crippen molar-refractivity contribution in [1.82, 2.24) is 0 Å². The van der Waals surface area contributed by atoms with E-state index in [1.165, 1.54) is 32.1 Å². The molecule has 0 aromatic carbocycles. The molecule has 8 nitrogen and oxygen atoms in total. The second-order valence-electron chi connectivity index (χ2n) is 15.7. The Labute approximate surface area is 359 Å². The number of likely N-dealkylation sites (N-methyl/N-ethyl adjacent to an activating group) is 1. The number of aliphatic carboxylic acids is 1. The zero-order valence-electron chi connectivity index (χ0n) is 37.6. The molecule has 0 N–H and O–H groups in total. The van der Waals surface area contributed by atoms with Crippen LogP contribution in [0.3, 0.4) is 0 Å². The lowest BCUT2D eigenvalue weighted by atomic mass is 10.1. The van der Waals surface area contributed by atoms with Crippen LogP contribution in [0.2, 0.25) is 0 Å². The number of nitrogens with zero attached hydrogens (tertiary/aromatic N) is 1. The standard InChI is InChI=1S/C51H81NO7/c1-6-8-10-12-14-16-18-20-22-24-26-27-29-31-33-35-37-39-41-49(53)58-46-47(45-57-44-43-48(51(55)56)52(3,4)5)59-50(54)42-40-38-36-34-32-30-28-25-23-21-19-17-15-13-11-9-7-2/h10,12,14-18,20-24,26-28,30,34,36,47-48H,6-9,11,13,19,25,29,31-33,35,37-46H2,1-5H3/b12-10+,16-14+,17-15+,20-18+,23-21+,24-22+,27-26+,30-28+,36-34+. The third-order valence-corrected chi connectivity index (χ3v) is 9.24. The second-order valence-corrected chi connectivity index (χ2v) is 15.7. The monoisotopic (exact) mass is 820 g/mol. The average Bonchev–Trinajstić information content (AvgIpc) is 3.19. The van der Waals surface area contributed by atoms with Crippen LogP contribution >= 0.6 is 0 Å². The largest absolute Gasteiger partial charge is 0.544 e. The highest BCUT2D eigenvalue weighted by Crippen LogP contribution is 2.11. The molecule has 0 spiro atoms. The third kappa shape index (κ3) is 39.2. The number of rotatable bonds is 38. The van der Waals surface area contributed by atoms with E-state index in [1.54, 1.807) is 21.1 Å². The molecule has 0 amide bonds. The van der Waals surface area contributed by atoms with Crippen molar-refractivity contribution in [1.29, 1.82) is 0 Å². The van der Waals surface area contributed by atoms with Crippen LogP contribution < -0.4 is 5.11 Å². The van der Waals surface area contributed by atoms with Gasteiger partial charge in [-0.2, -0.15) is 0 Å². The summed E-state index contributed by atoms with van der Waals surface area (Å²) in [4.78, 5) is 36.9. The first-order valence-corrected chi connectivity index (χ1v) is 22.5. The van der Waals surface area contributed by atoms with E-state index in [9.17, 15) is 19.5 Å². The summed E-state index contributed by atoms with van der Waals surface area (Å²) in [6, 6.07) is -0.747. The van der Waals surface area contributed by atoms with Gasteiger partial charge in [0.1, 0.15) is 12.6 Å². The Morgan fingerprint density at radius 3 is 1.59 bits per heavy atom. The van der Waals surface area contributed by atoms with Gasteiger partial charge in [-0.25, -0.2) is 0 Å². The minimum Gasteiger partial charge on any atom is -0.544 e. The average molecular weight is 820 g/mol. The van der Waals surface area contributed by atoms with E-state index < -0.39 is 18.1 Å². The van der Waals surface area contributed by atoms with Crippen molar-refractivity contribution in [2.45, 2.75) is 154 Å². The Balaban J connectivity index is 4.52. The van der Waals surface area contributed by atoms with Gasteiger partial charge in [-0.1, -0.05) is 162 Å². The number of unbranched alkanes of at least 4 members (excludes halogenated alkanes) is 10. The Bertz CT molecular complexity index is 1330. The number of ether oxygens (including phenoxy) is 3. The third-order valence-electron chi connectivity index (χ3n) is 9.24. The fourth-order valence-electron chi connectivity index (χ4n) is 5.74. The Morgan fingerprint density at radius 2 is 1.02 bits per heavy atom. The summed E-state index contributed by atoms with van der Waals surface area (Å²) in [6.45, 7) is 4.43. The number of hydrogen-bond donors (Lipinski definition) is 0. The number of carbonyl (C=O) groups excluding carboxylic acids is 3. The lowest BCUT2D eigenvalue weighted by Gasteiger charge is -2.34. The van der Waals surface area contributed by atoms with Gasteiger partial charge < -0.3 is 28.6 Å². The molecule has 0 aromatic rings. The molecule has 332 valence electrons. The van der Waals surface area contributed by atoms with Gasteiger partial charge in [0.15, 0.2) is 6.10 Å². The maximum Gasteiger partial charge on any atom is 0.306 e. The number of carboxylic acid groups (broad SMARTS) is 1. The Kier molecular flexibility index (Phi) is 38.0. The van der Waals surface area contributed by atoms with Crippen molar-refractivity contribution in [3.63, 3.8) is 0 Å². The Morgan fingerprint density at radius 1 is 0.525 bits per heavy atom. The van der Waals surface area contributed by atoms with Crippen LogP contribution in [0.4, 0.5) is 0 Å².